The highest BCUT2D eigenvalue weighted by Gasteiger charge is 2.17. The lowest BCUT2D eigenvalue weighted by Crippen LogP contribution is -2.39. The number of amides is 2. The van der Waals surface area contributed by atoms with Crippen LogP contribution in [0.5, 0.6) is 0 Å². The molecule has 0 unspecified atom stereocenters. The first-order chi connectivity index (χ1) is 9.95. The van der Waals surface area contributed by atoms with Crippen molar-refractivity contribution in [2.45, 2.75) is 13.3 Å². The Kier molecular flexibility index (Phi) is 6.81. The number of aryl methyl sites for hydroxylation is 1. The molecule has 0 spiro atoms. The lowest BCUT2D eigenvalue weighted by Gasteiger charge is -2.18. The van der Waals surface area contributed by atoms with Gasteiger partial charge in [-0.05, 0) is 31.0 Å². The smallest absolute Gasteiger partial charge is 0.254 e. The van der Waals surface area contributed by atoms with Gasteiger partial charge in [0, 0.05) is 32.9 Å². The summed E-state index contributed by atoms with van der Waals surface area (Å²) in [5.74, 6) is -1.10. The van der Waals surface area contributed by atoms with Crippen LogP contribution >= 0.6 is 0 Å². The van der Waals surface area contributed by atoms with Crippen LogP contribution in [0.1, 0.15) is 22.3 Å². The van der Waals surface area contributed by atoms with Crippen LogP contribution in [0.15, 0.2) is 18.2 Å². The topological polar surface area (TPSA) is 58.6 Å². The number of rotatable bonds is 7. The highest BCUT2D eigenvalue weighted by molar-refractivity contribution is 5.97. The monoisotopic (exact) mass is 296 g/mol. The van der Waals surface area contributed by atoms with Crippen LogP contribution in [-0.2, 0) is 9.53 Å². The Hall–Kier alpha value is -1.95. The predicted octanol–water partition coefficient (Wildman–Crippen LogP) is 1.36. The first kappa shape index (κ1) is 17.1. The summed E-state index contributed by atoms with van der Waals surface area (Å²) in [4.78, 5) is 25.1. The minimum Gasteiger partial charge on any atom is -0.385 e. The van der Waals surface area contributed by atoms with E-state index in [1.165, 1.54) is 24.1 Å². The van der Waals surface area contributed by atoms with Crippen LogP contribution in [0.2, 0.25) is 0 Å². The minimum absolute atomic E-state index is 0.0677. The molecule has 0 aliphatic heterocycles. The number of hydrogen-bond donors (Lipinski definition) is 1. The van der Waals surface area contributed by atoms with E-state index >= 15 is 0 Å². The molecule has 1 rings (SSSR count). The normalized spacial score (nSPS) is 10.3. The molecule has 0 fully saturated rings. The van der Waals surface area contributed by atoms with E-state index in [9.17, 15) is 14.0 Å². The second kappa shape index (κ2) is 8.36. The van der Waals surface area contributed by atoms with Crippen molar-refractivity contribution in [1.82, 2.24) is 10.2 Å². The van der Waals surface area contributed by atoms with Gasteiger partial charge in [0.1, 0.15) is 5.82 Å². The zero-order valence-corrected chi connectivity index (χ0v) is 12.6. The fraction of sp³-hybridized carbons (Fsp3) is 0.467. The summed E-state index contributed by atoms with van der Waals surface area (Å²) < 4.78 is 18.1. The van der Waals surface area contributed by atoms with Crippen molar-refractivity contribution < 1.29 is 18.7 Å². The standard InChI is InChI=1S/C15H21FN2O3/c1-11-5-6-12(16)9-13(11)15(20)18(2)10-14(19)17-7-4-8-21-3/h5-6,9H,4,7-8,10H2,1-3H3,(H,17,19). The summed E-state index contributed by atoms with van der Waals surface area (Å²) in [5.41, 5.74) is 0.943. The molecule has 0 aliphatic carbocycles. The average molecular weight is 296 g/mol. The minimum atomic E-state index is -0.471. The lowest BCUT2D eigenvalue weighted by atomic mass is 10.1. The van der Waals surface area contributed by atoms with Gasteiger partial charge in [-0.25, -0.2) is 4.39 Å². The third-order valence-electron chi connectivity index (χ3n) is 3.00. The Morgan fingerprint density at radius 3 is 2.76 bits per heavy atom. The van der Waals surface area contributed by atoms with Crippen molar-refractivity contribution in [2.24, 2.45) is 0 Å². The third kappa shape index (κ3) is 5.51. The lowest BCUT2D eigenvalue weighted by molar-refractivity contribution is -0.121. The molecular weight excluding hydrogens is 275 g/mol. The summed E-state index contributed by atoms with van der Waals surface area (Å²) >= 11 is 0. The highest BCUT2D eigenvalue weighted by Crippen LogP contribution is 2.12. The number of benzene rings is 1. The number of halogens is 1. The first-order valence-corrected chi connectivity index (χ1v) is 6.73. The molecule has 0 saturated heterocycles. The van der Waals surface area contributed by atoms with Crippen molar-refractivity contribution >= 4 is 11.8 Å². The van der Waals surface area contributed by atoms with Gasteiger partial charge in [0.25, 0.3) is 5.91 Å². The zero-order valence-electron chi connectivity index (χ0n) is 12.6. The van der Waals surface area contributed by atoms with Gasteiger partial charge < -0.3 is 15.0 Å². The Morgan fingerprint density at radius 2 is 2.10 bits per heavy atom. The molecule has 1 aromatic rings. The number of nitrogens with one attached hydrogen (secondary N) is 1. The number of likely N-dealkylation sites (N-methyl/N-ethyl adjacent to an activating group) is 1. The van der Waals surface area contributed by atoms with Crippen LogP contribution in [0.4, 0.5) is 4.39 Å². The van der Waals surface area contributed by atoms with Crippen molar-refractivity contribution in [2.75, 3.05) is 33.9 Å². The van der Waals surface area contributed by atoms with E-state index in [0.717, 1.165) is 0 Å². The number of ether oxygens (including phenoxy) is 1. The quantitative estimate of drug-likeness (QED) is 0.773. The van der Waals surface area contributed by atoms with Gasteiger partial charge in [-0.3, -0.25) is 9.59 Å². The molecule has 0 atom stereocenters. The molecule has 0 heterocycles. The van der Waals surface area contributed by atoms with Gasteiger partial charge >= 0.3 is 0 Å². The maximum Gasteiger partial charge on any atom is 0.254 e. The summed E-state index contributed by atoms with van der Waals surface area (Å²) in [7, 11) is 3.11. The summed E-state index contributed by atoms with van der Waals surface area (Å²) in [6.45, 7) is 2.72. The van der Waals surface area contributed by atoms with E-state index in [1.54, 1.807) is 20.1 Å². The van der Waals surface area contributed by atoms with E-state index < -0.39 is 5.82 Å². The number of carbonyl (C=O) groups is 2. The molecule has 6 heteroatoms. The van der Waals surface area contributed by atoms with Crippen LogP contribution in [0.3, 0.4) is 0 Å². The molecule has 0 aromatic heterocycles. The highest BCUT2D eigenvalue weighted by atomic mass is 19.1. The predicted molar refractivity (Wildman–Crippen MR) is 77.6 cm³/mol. The van der Waals surface area contributed by atoms with Gasteiger partial charge in [0.15, 0.2) is 0 Å². The molecule has 116 valence electrons. The fourth-order valence-corrected chi connectivity index (χ4v) is 1.82. The number of carbonyl (C=O) groups excluding carboxylic acids is 2. The van der Waals surface area contributed by atoms with Crippen molar-refractivity contribution in [3.05, 3.63) is 35.1 Å². The van der Waals surface area contributed by atoms with Gasteiger partial charge in [-0.15, -0.1) is 0 Å². The number of hydrogen-bond acceptors (Lipinski definition) is 3. The zero-order chi connectivity index (χ0) is 15.8. The van der Waals surface area contributed by atoms with Crippen molar-refractivity contribution in [1.29, 1.82) is 0 Å². The van der Waals surface area contributed by atoms with Gasteiger partial charge in [0.05, 0.1) is 6.54 Å². The number of nitrogens with zero attached hydrogens (tertiary/aromatic N) is 1. The molecule has 1 N–H and O–H groups in total. The molecule has 0 saturated carbocycles. The summed E-state index contributed by atoms with van der Waals surface area (Å²) in [6.07, 6.45) is 0.711. The van der Waals surface area contributed by atoms with Gasteiger partial charge in [-0.1, -0.05) is 6.07 Å². The molecule has 0 bridgehead atoms. The largest absolute Gasteiger partial charge is 0.385 e. The van der Waals surface area contributed by atoms with Gasteiger partial charge in [-0.2, -0.15) is 0 Å². The molecule has 0 aliphatic rings. The maximum atomic E-state index is 13.2. The van der Waals surface area contributed by atoms with E-state index in [4.69, 9.17) is 4.74 Å². The molecule has 2 amide bonds. The van der Waals surface area contributed by atoms with E-state index in [1.807, 2.05) is 0 Å². The average Bonchev–Trinajstić information content (AvgIpc) is 2.45. The Balaban J connectivity index is 2.54. The van der Waals surface area contributed by atoms with Crippen LogP contribution in [0, 0.1) is 12.7 Å². The second-order valence-corrected chi connectivity index (χ2v) is 4.82. The summed E-state index contributed by atoms with van der Waals surface area (Å²) in [5, 5.41) is 2.69. The van der Waals surface area contributed by atoms with Gasteiger partial charge in [0.2, 0.25) is 5.91 Å². The molecule has 0 radical (unpaired) electrons. The molecule has 1 aromatic carbocycles. The number of methoxy groups -OCH3 is 1. The summed E-state index contributed by atoms with van der Waals surface area (Å²) in [6, 6.07) is 4.03. The second-order valence-electron chi connectivity index (χ2n) is 4.82. The Morgan fingerprint density at radius 1 is 1.38 bits per heavy atom. The Labute approximate surface area is 124 Å². The maximum absolute atomic E-state index is 13.2. The molecule has 21 heavy (non-hydrogen) atoms. The van der Waals surface area contributed by atoms with E-state index in [2.05, 4.69) is 5.32 Å². The van der Waals surface area contributed by atoms with Crippen LogP contribution < -0.4 is 5.32 Å². The third-order valence-corrected chi connectivity index (χ3v) is 3.00. The van der Waals surface area contributed by atoms with Crippen molar-refractivity contribution in [3.8, 4) is 0 Å². The van der Waals surface area contributed by atoms with Crippen molar-refractivity contribution in [3.63, 3.8) is 0 Å². The molecular formula is C15H21FN2O3. The van der Waals surface area contributed by atoms with Crippen LogP contribution in [-0.4, -0.2) is 50.6 Å². The van der Waals surface area contributed by atoms with E-state index in [0.29, 0.717) is 25.1 Å². The first-order valence-electron chi connectivity index (χ1n) is 6.73. The van der Waals surface area contributed by atoms with E-state index in [-0.39, 0.29) is 23.9 Å². The van der Waals surface area contributed by atoms with Crippen LogP contribution in [0.25, 0.3) is 0 Å². The fourth-order valence-electron chi connectivity index (χ4n) is 1.82. The Bertz CT molecular complexity index is 506. The SMILES string of the molecule is COCCCNC(=O)CN(C)C(=O)c1cc(F)ccc1C. The molecule has 5 nitrogen and oxygen atoms in total.